The van der Waals surface area contributed by atoms with Gasteiger partial charge in [-0.1, -0.05) is 24.3 Å². The molecule has 2 amide bonds. The van der Waals surface area contributed by atoms with Crippen molar-refractivity contribution in [1.82, 2.24) is 14.7 Å². The molecule has 0 fully saturated rings. The molecule has 0 spiro atoms. The quantitative estimate of drug-likeness (QED) is 0.554. The van der Waals surface area contributed by atoms with Crippen molar-refractivity contribution in [3.05, 3.63) is 65.9 Å². The van der Waals surface area contributed by atoms with Crippen LogP contribution >= 0.6 is 0 Å². The zero-order chi connectivity index (χ0) is 23.4. The fourth-order valence-electron chi connectivity index (χ4n) is 4.14. The Bertz CT molecular complexity index is 1130. The first-order chi connectivity index (χ1) is 15.9. The van der Waals surface area contributed by atoms with Gasteiger partial charge in [-0.2, -0.15) is 5.10 Å². The molecule has 0 atom stereocenters. The molecule has 0 aliphatic carbocycles. The highest BCUT2D eigenvalue weighted by Gasteiger charge is 2.23. The van der Waals surface area contributed by atoms with Gasteiger partial charge in [0.2, 0.25) is 5.91 Å². The highest BCUT2D eigenvalue weighted by Crippen LogP contribution is 2.24. The molecule has 1 aromatic heterocycles. The molecule has 33 heavy (non-hydrogen) atoms. The Morgan fingerprint density at radius 1 is 1.03 bits per heavy atom. The van der Waals surface area contributed by atoms with E-state index in [4.69, 9.17) is 0 Å². The Labute approximate surface area is 195 Å². The van der Waals surface area contributed by atoms with E-state index in [1.807, 2.05) is 71.1 Å². The largest absolute Gasteiger partial charge is 0.385 e. The number of carbonyl (C=O) groups is 2. The van der Waals surface area contributed by atoms with Crippen LogP contribution in [0.3, 0.4) is 0 Å². The zero-order valence-corrected chi connectivity index (χ0v) is 19.5. The molecule has 7 nitrogen and oxygen atoms in total. The second-order valence-corrected chi connectivity index (χ2v) is 8.65. The number of aromatic nitrogens is 2. The van der Waals surface area contributed by atoms with E-state index in [1.165, 1.54) is 0 Å². The monoisotopic (exact) mass is 445 g/mol. The second-order valence-electron chi connectivity index (χ2n) is 8.65. The van der Waals surface area contributed by atoms with Gasteiger partial charge in [0.15, 0.2) is 0 Å². The molecule has 3 aromatic rings. The highest BCUT2D eigenvalue weighted by atomic mass is 16.2. The van der Waals surface area contributed by atoms with Crippen molar-refractivity contribution in [1.29, 1.82) is 0 Å². The maximum absolute atomic E-state index is 12.7. The summed E-state index contributed by atoms with van der Waals surface area (Å²) >= 11 is 0. The lowest BCUT2D eigenvalue weighted by atomic mass is 10.0. The maximum Gasteiger partial charge on any atom is 0.253 e. The van der Waals surface area contributed by atoms with Crippen molar-refractivity contribution in [2.45, 2.75) is 32.7 Å². The van der Waals surface area contributed by atoms with Gasteiger partial charge in [-0.05, 0) is 55.2 Å². The number of aryl methyl sites for hydroxylation is 2. The summed E-state index contributed by atoms with van der Waals surface area (Å²) in [6.07, 6.45) is 2.21. The van der Waals surface area contributed by atoms with Crippen molar-refractivity contribution in [2.75, 3.05) is 37.4 Å². The standard InChI is InChI=1S/C26H31N5O2/c1-19-17-24-30(15-6-16-31(24)28-19)25(32)9-5-14-27-23-12-10-20(11-13-23)21-7-4-8-22(18-21)26(33)29(2)3/h4,7-8,10-13,17-18,27H,5-6,9,14-16H2,1-3H3. The number of benzene rings is 2. The van der Waals surface area contributed by atoms with Gasteiger partial charge in [-0.15, -0.1) is 0 Å². The summed E-state index contributed by atoms with van der Waals surface area (Å²) in [4.78, 5) is 28.4. The van der Waals surface area contributed by atoms with Crippen LogP contribution in [0.1, 0.15) is 35.3 Å². The van der Waals surface area contributed by atoms with Gasteiger partial charge in [0, 0.05) is 57.5 Å². The first kappa shape index (κ1) is 22.6. The van der Waals surface area contributed by atoms with Crippen LogP contribution < -0.4 is 10.2 Å². The van der Waals surface area contributed by atoms with Crippen LogP contribution in [0.4, 0.5) is 11.5 Å². The summed E-state index contributed by atoms with van der Waals surface area (Å²) in [7, 11) is 3.51. The van der Waals surface area contributed by atoms with Crippen molar-refractivity contribution < 1.29 is 9.59 Å². The summed E-state index contributed by atoms with van der Waals surface area (Å²) in [6.45, 7) is 4.33. The van der Waals surface area contributed by atoms with Crippen LogP contribution in [0.15, 0.2) is 54.6 Å². The number of amides is 2. The smallest absolute Gasteiger partial charge is 0.253 e. The molecule has 1 aliphatic rings. The fraction of sp³-hybridized carbons (Fsp3) is 0.346. The number of hydrogen-bond acceptors (Lipinski definition) is 4. The summed E-state index contributed by atoms with van der Waals surface area (Å²) in [6, 6.07) is 17.8. The van der Waals surface area contributed by atoms with Gasteiger partial charge in [-0.25, -0.2) is 4.68 Å². The third-order valence-corrected chi connectivity index (χ3v) is 5.84. The predicted molar refractivity (Wildman–Crippen MR) is 132 cm³/mol. The number of fused-ring (bicyclic) bond motifs is 1. The Kier molecular flexibility index (Phi) is 6.77. The first-order valence-electron chi connectivity index (χ1n) is 11.4. The highest BCUT2D eigenvalue weighted by molar-refractivity contribution is 5.95. The molecule has 0 saturated heterocycles. The molecule has 1 N–H and O–H groups in total. The minimum Gasteiger partial charge on any atom is -0.385 e. The molecule has 1 aliphatic heterocycles. The normalized spacial score (nSPS) is 12.9. The van der Waals surface area contributed by atoms with E-state index in [0.29, 0.717) is 12.0 Å². The SMILES string of the molecule is Cc1cc2n(n1)CCCN2C(=O)CCCNc1ccc(-c2cccc(C(=O)N(C)C)c2)cc1. The molecular weight excluding hydrogens is 414 g/mol. The van der Waals surface area contributed by atoms with Gasteiger partial charge in [-0.3, -0.25) is 14.5 Å². The van der Waals surface area contributed by atoms with Gasteiger partial charge < -0.3 is 10.2 Å². The second kappa shape index (κ2) is 9.90. The lowest BCUT2D eigenvalue weighted by Gasteiger charge is -2.27. The van der Waals surface area contributed by atoms with Crippen molar-refractivity contribution in [2.24, 2.45) is 0 Å². The van der Waals surface area contributed by atoms with E-state index in [2.05, 4.69) is 10.4 Å². The van der Waals surface area contributed by atoms with Gasteiger partial charge >= 0.3 is 0 Å². The number of rotatable bonds is 7. The zero-order valence-electron chi connectivity index (χ0n) is 19.5. The predicted octanol–water partition coefficient (Wildman–Crippen LogP) is 4.19. The average molecular weight is 446 g/mol. The number of nitrogens with zero attached hydrogens (tertiary/aromatic N) is 4. The van der Waals surface area contributed by atoms with Gasteiger partial charge in [0.25, 0.3) is 5.91 Å². The van der Waals surface area contributed by atoms with E-state index < -0.39 is 0 Å². The summed E-state index contributed by atoms with van der Waals surface area (Å²) < 4.78 is 1.93. The average Bonchev–Trinajstić information content (AvgIpc) is 3.21. The van der Waals surface area contributed by atoms with Gasteiger partial charge in [0.1, 0.15) is 5.82 Å². The van der Waals surface area contributed by atoms with Crippen LogP contribution in [0.5, 0.6) is 0 Å². The fourth-order valence-corrected chi connectivity index (χ4v) is 4.14. The van der Waals surface area contributed by atoms with Crippen molar-refractivity contribution >= 4 is 23.3 Å². The molecule has 4 rings (SSSR count). The van der Waals surface area contributed by atoms with Crippen LogP contribution in [-0.2, 0) is 11.3 Å². The Morgan fingerprint density at radius 2 is 1.82 bits per heavy atom. The van der Waals surface area contributed by atoms with Crippen molar-refractivity contribution in [3.63, 3.8) is 0 Å². The lowest BCUT2D eigenvalue weighted by Crippen LogP contribution is -2.37. The molecule has 0 unspecified atom stereocenters. The van der Waals surface area contributed by atoms with Crippen molar-refractivity contribution in [3.8, 4) is 11.1 Å². The van der Waals surface area contributed by atoms with Crippen LogP contribution in [0.25, 0.3) is 11.1 Å². The third-order valence-electron chi connectivity index (χ3n) is 5.84. The molecule has 7 heteroatoms. The van der Waals surface area contributed by atoms with E-state index >= 15 is 0 Å². The molecule has 0 radical (unpaired) electrons. The number of hydrogen-bond donors (Lipinski definition) is 1. The third kappa shape index (κ3) is 5.25. The molecule has 2 heterocycles. The molecule has 2 aromatic carbocycles. The van der Waals surface area contributed by atoms with Crippen LogP contribution in [-0.4, -0.2) is 53.7 Å². The topological polar surface area (TPSA) is 70.5 Å². The Morgan fingerprint density at radius 3 is 2.58 bits per heavy atom. The number of nitrogens with one attached hydrogen (secondary N) is 1. The minimum atomic E-state index is -0.00572. The summed E-state index contributed by atoms with van der Waals surface area (Å²) in [5.74, 6) is 1.07. The van der Waals surface area contributed by atoms with Crippen LogP contribution in [0, 0.1) is 6.92 Å². The number of carbonyl (C=O) groups excluding carboxylic acids is 2. The van der Waals surface area contributed by atoms with Gasteiger partial charge in [0.05, 0.1) is 5.69 Å². The number of anilines is 2. The molecule has 172 valence electrons. The minimum absolute atomic E-state index is 0.00572. The van der Waals surface area contributed by atoms with E-state index in [9.17, 15) is 9.59 Å². The summed E-state index contributed by atoms with van der Waals surface area (Å²) in [5, 5.41) is 7.86. The Hall–Kier alpha value is -3.61. The first-order valence-corrected chi connectivity index (χ1v) is 11.4. The lowest BCUT2D eigenvalue weighted by molar-refractivity contribution is -0.118. The van der Waals surface area contributed by atoms with E-state index in [0.717, 1.165) is 60.8 Å². The van der Waals surface area contributed by atoms with E-state index in [-0.39, 0.29) is 11.8 Å². The van der Waals surface area contributed by atoms with E-state index in [1.54, 1.807) is 19.0 Å². The Balaban J connectivity index is 1.29. The molecular formula is C26H31N5O2. The van der Waals surface area contributed by atoms with Crippen LogP contribution in [0.2, 0.25) is 0 Å². The maximum atomic E-state index is 12.7. The summed E-state index contributed by atoms with van der Waals surface area (Å²) in [5.41, 5.74) is 4.71. The molecule has 0 saturated carbocycles. The molecule has 0 bridgehead atoms.